The number of unbranched alkanes of at least 4 members (excludes halogenated alkanes) is 2. The first-order chi connectivity index (χ1) is 17.7. The second kappa shape index (κ2) is 12.2. The fraction of sp³-hybridized carbons (Fsp3) is 0.310. The molecule has 37 heavy (non-hydrogen) atoms. The first-order valence-corrected chi connectivity index (χ1v) is 12.7. The zero-order valence-electron chi connectivity index (χ0n) is 21.8. The normalized spacial score (nSPS) is 12.2. The van der Waals surface area contributed by atoms with Crippen molar-refractivity contribution in [3.05, 3.63) is 65.2 Å². The molecule has 8 heteroatoms. The smallest absolute Gasteiger partial charge is 0.261 e. The molecule has 1 aliphatic heterocycles. The van der Waals surface area contributed by atoms with Crippen LogP contribution in [0.1, 0.15) is 72.7 Å². The second-order valence-corrected chi connectivity index (χ2v) is 9.18. The minimum absolute atomic E-state index is 0.00407. The Bertz CT molecular complexity index is 1340. The zero-order chi connectivity index (χ0) is 27.1. The minimum Gasteiger partial charge on any atom is -0.388 e. The van der Waals surface area contributed by atoms with Gasteiger partial charge < -0.3 is 16.8 Å². The molecule has 4 rings (SSSR count). The highest BCUT2D eigenvalue weighted by molar-refractivity contribution is 6.27. The third-order valence-corrected chi connectivity index (χ3v) is 6.15. The van der Waals surface area contributed by atoms with Gasteiger partial charge in [-0.3, -0.25) is 25.3 Å². The SMILES string of the molecule is CC(=N)N.CCCCNc1ccc2c3c(cc(-c4cccc(C(=N)N)c4)cc13)C(=O)N(CCCC)C2=O. The van der Waals surface area contributed by atoms with E-state index in [0.717, 1.165) is 54.4 Å². The number of hydrogen-bond donors (Lipinski definition) is 5. The van der Waals surface area contributed by atoms with Crippen LogP contribution in [0.4, 0.5) is 5.69 Å². The molecule has 1 heterocycles. The molecule has 0 atom stereocenters. The van der Waals surface area contributed by atoms with Crippen molar-refractivity contribution in [3.8, 4) is 11.1 Å². The Labute approximate surface area is 218 Å². The van der Waals surface area contributed by atoms with E-state index in [1.807, 2.05) is 49.4 Å². The molecule has 0 saturated carbocycles. The van der Waals surface area contributed by atoms with Crippen LogP contribution in [0.2, 0.25) is 0 Å². The van der Waals surface area contributed by atoms with Crippen LogP contribution in [0.5, 0.6) is 0 Å². The van der Waals surface area contributed by atoms with Gasteiger partial charge in [-0.15, -0.1) is 0 Å². The third kappa shape index (κ3) is 6.14. The van der Waals surface area contributed by atoms with Crippen molar-refractivity contribution >= 4 is 39.9 Å². The number of nitrogens with zero attached hydrogens (tertiary/aromatic N) is 1. The van der Waals surface area contributed by atoms with Gasteiger partial charge in [0.25, 0.3) is 11.8 Å². The highest BCUT2D eigenvalue weighted by atomic mass is 16.2. The predicted octanol–water partition coefficient (Wildman–Crippen LogP) is 5.34. The molecule has 3 aromatic rings. The Morgan fingerprint density at radius 2 is 1.57 bits per heavy atom. The molecular weight excluding hydrogens is 464 g/mol. The summed E-state index contributed by atoms with van der Waals surface area (Å²) in [7, 11) is 0. The Balaban J connectivity index is 0.000000886. The molecule has 8 nitrogen and oxygen atoms in total. The van der Waals surface area contributed by atoms with E-state index in [-0.39, 0.29) is 23.5 Å². The first kappa shape index (κ1) is 27.4. The van der Waals surface area contributed by atoms with Crippen LogP contribution in [0, 0.1) is 10.8 Å². The largest absolute Gasteiger partial charge is 0.388 e. The summed E-state index contributed by atoms with van der Waals surface area (Å²) in [4.78, 5) is 28.1. The van der Waals surface area contributed by atoms with Crippen molar-refractivity contribution < 1.29 is 9.59 Å². The Morgan fingerprint density at radius 3 is 2.22 bits per heavy atom. The number of anilines is 1. The lowest BCUT2D eigenvalue weighted by molar-refractivity contribution is 0.0608. The molecule has 0 saturated heterocycles. The van der Waals surface area contributed by atoms with Crippen LogP contribution in [-0.4, -0.2) is 41.5 Å². The van der Waals surface area contributed by atoms with E-state index in [4.69, 9.17) is 22.3 Å². The Hall–Kier alpha value is -4.20. The summed E-state index contributed by atoms with van der Waals surface area (Å²) in [6.07, 6.45) is 3.77. The van der Waals surface area contributed by atoms with Crippen LogP contribution in [-0.2, 0) is 0 Å². The number of imide groups is 1. The molecule has 0 unspecified atom stereocenters. The van der Waals surface area contributed by atoms with Crippen molar-refractivity contribution in [1.82, 2.24) is 4.90 Å². The van der Waals surface area contributed by atoms with Crippen LogP contribution in [0.15, 0.2) is 48.5 Å². The van der Waals surface area contributed by atoms with Gasteiger partial charge >= 0.3 is 0 Å². The lowest BCUT2D eigenvalue weighted by Gasteiger charge is -2.28. The van der Waals surface area contributed by atoms with E-state index in [0.29, 0.717) is 28.6 Å². The van der Waals surface area contributed by atoms with Gasteiger partial charge in [-0.25, -0.2) is 0 Å². The summed E-state index contributed by atoms with van der Waals surface area (Å²) in [5.41, 5.74) is 14.8. The standard InChI is InChI=1S/C27H30N4O2.C2H6N2/c1-3-5-12-30-23-11-10-20-24-21(23)15-19(17-8-7-9-18(14-17)25(28)29)16-22(24)27(33)31(26(20)32)13-6-4-2;1-2(3)4/h7-11,14-16,30H,3-6,12-13H2,1-2H3,(H3,28,29);1H3,(H3,3,4). The van der Waals surface area contributed by atoms with E-state index in [9.17, 15) is 9.59 Å². The molecule has 0 aromatic heterocycles. The van der Waals surface area contributed by atoms with Crippen LogP contribution in [0.25, 0.3) is 21.9 Å². The maximum absolute atomic E-state index is 13.5. The first-order valence-electron chi connectivity index (χ1n) is 12.7. The number of benzene rings is 3. The quantitative estimate of drug-likeness (QED) is 0.116. The maximum atomic E-state index is 13.5. The number of carbonyl (C=O) groups is 2. The lowest BCUT2D eigenvalue weighted by atomic mass is 9.89. The molecule has 0 bridgehead atoms. The van der Waals surface area contributed by atoms with E-state index in [1.165, 1.54) is 11.8 Å². The average molecular weight is 501 g/mol. The monoisotopic (exact) mass is 500 g/mol. The van der Waals surface area contributed by atoms with Crippen LogP contribution in [0.3, 0.4) is 0 Å². The molecule has 0 radical (unpaired) electrons. The van der Waals surface area contributed by atoms with Crippen molar-refractivity contribution in [2.24, 2.45) is 11.5 Å². The van der Waals surface area contributed by atoms with Crippen molar-refractivity contribution in [1.29, 1.82) is 10.8 Å². The number of nitrogens with one attached hydrogen (secondary N) is 3. The van der Waals surface area contributed by atoms with E-state index in [2.05, 4.69) is 12.2 Å². The van der Waals surface area contributed by atoms with Gasteiger partial charge in [0.1, 0.15) is 5.84 Å². The molecule has 3 aromatic carbocycles. The minimum atomic E-state index is -0.249. The van der Waals surface area contributed by atoms with Crippen LogP contribution >= 0.6 is 0 Å². The van der Waals surface area contributed by atoms with E-state index >= 15 is 0 Å². The topological polar surface area (TPSA) is 149 Å². The van der Waals surface area contributed by atoms with Gasteiger partial charge in [0, 0.05) is 46.2 Å². The Morgan fingerprint density at radius 1 is 0.892 bits per heavy atom. The van der Waals surface area contributed by atoms with Crippen molar-refractivity contribution in [2.45, 2.75) is 46.5 Å². The summed E-state index contributed by atoms with van der Waals surface area (Å²) >= 11 is 0. The second-order valence-electron chi connectivity index (χ2n) is 9.18. The van der Waals surface area contributed by atoms with Gasteiger partial charge in [0.15, 0.2) is 0 Å². The fourth-order valence-electron chi connectivity index (χ4n) is 4.32. The molecular formula is C29H36N6O2. The summed E-state index contributed by atoms with van der Waals surface area (Å²) in [5, 5.41) is 19.1. The van der Waals surface area contributed by atoms with Crippen molar-refractivity contribution in [3.63, 3.8) is 0 Å². The maximum Gasteiger partial charge on any atom is 0.261 e. The number of amidine groups is 2. The lowest BCUT2D eigenvalue weighted by Crippen LogP contribution is -2.40. The number of nitrogen functional groups attached to an aromatic ring is 1. The van der Waals surface area contributed by atoms with Gasteiger partial charge in [-0.05, 0) is 61.2 Å². The molecule has 7 N–H and O–H groups in total. The van der Waals surface area contributed by atoms with Crippen LogP contribution < -0.4 is 16.8 Å². The zero-order valence-corrected chi connectivity index (χ0v) is 21.8. The summed E-state index contributed by atoms with van der Waals surface area (Å²) in [6.45, 7) is 6.94. The Kier molecular flexibility index (Phi) is 9.00. The summed E-state index contributed by atoms with van der Waals surface area (Å²) in [5.74, 6) is -0.311. The number of rotatable bonds is 9. The fourth-order valence-corrected chi connectivity index (χ4v) is 4.32. The highest BCUT2D eigenvalue weighted by Crippen LogP contribution is 2.38. The molecule has 2 amide bonds. The number of carbonyl (C=O) groups excluding carboxylic acids is 2. The third-order valence-electron chi connectivity index (χ3n) is 6.15. The summed E-state index contributed by atoms with van der Waals surface area (Å²) < 4.78 is 0. The molecule has 1 aliphatic rings. The number of nitrogens with two attached hydrogens (primary N) is 2. The summed E-state index contributed by atoms with van der Waals surface area (Å²) in [6, 6.07) is 15.1. The highest BCUT2D eigenvalue weighted by Gasteiger charge is 2.33. The van der Waals surface area contributed by atoms with Gasteiger partial charge in [-0.2, -0.15) is 0 Å². The van der Waals surface area contributed by atoms with Gasteiger partial charge in [0.2, 0.25) is 0 Å². The molecule has 194 valence electrons. The molecule has 0 aliphatic carbocycles. The predicted molar refractivity (Wildman–Crippen MR) is 152 cm³/mol. The van der Waals surface area contributed by atoms with E-state index < -0.39 is 0 Å². The van der Waals surface area contributed by atoms with Crippen molar-refractivity contribution in [2.75, 3.05) is 18.4 Å². The van der Waals surface area contributed by atoms with E-state index in [1.54, 1.807) is 6.07 Å². The molecule has 0 spiro atoms. The van der Waals surface area contributed by atoms with Gasteiger partial charge in [-0.1, -0.05) is 44.9 Å². The number of amides is 2. The van der Waals surface area contributed by atoms with Gasteiger partial charge in [0.05, 0.1) is 5.84 Å². The molecule has 0 fully saturated rings. The average Bonchev–Trinajstić information content (AvgIpc) is 2.87. The number of hydrogen-bond acceptors (Lipinski definition) is 5.